The number of likely N-dealkylation sites (tertiary alicyclic amines) is 1. The number of ether oxygens (including phenoxy) is 1. The molecule has 2 atom stereocenters. The first-order valence-corrected chi connectivity index (χ1v) is 9.45. The Bertz CT molecular complexity index is 780. The van der Waals surface area contributed by atoms with Gasteiger partial charge in [0, 0.05) is 19.6 Å². The topological polar surface area (TPSA) is 32.8 Å². The lowest BCUT2D eigenvalue weighted by Gasteiger charge is -2.39. The molecule has 1 aliphatic heterocycles. The maximum absolute atomic E-state index is 14.8. The Balaban J connectivity index is 1.79. The average Bonchev–Trinajstić information content (AvgIpc) is 2.68. The van der Waals surface area contributed by atoms with E-state index in [1.165, 1.54) is 12.1 Å². The zero-order valence-electron chi connectivity index (χ0n) is 16.3. The first kappa shape index (κ1) is 20.3. The van der Waals surface area contributed by atoms with E-state index in [9.17, 15) is 13.6 Å². The van der Waals surface area contributed by atoms with E-state index < -0.39 is 12.2 Å². The average molecular weight is 388 g/mol. The second-order valence-electron chi connectivity index (χ2n) is 7.31. The van der Waals surface area contributed by atoms with Crippen LogP contribution in [0.5, 0.6) is 5.75 Å². The Morgan fingerprint density at radius 2 is 1.79 bits per heavy atom. The largest absolute Gasteiger partial charge is 0.497 e. The first-order chi connectivity index (χ1) is 13.5. The molecule has 0 spiro atoms. The number of carbonyl (C=O) groups is 1. The van der Waals surface area contributed by atoms with Crippen molar-refractivity contribution >= 4 is 5.91 Å². The number of amides is 1. The summed E-state index contributed by atoms with van der Waals surface area (Å²) in [7, 11) is 3.47. The number of hydrogen-bond acceptors (Lipinski definition) is 3. The number of benzene rings is 2. The fraction of sp³-hybridized carbons (Fsp3) is 0.409. The highest BCUT2D eigenvalue weighted by Crippen LogP contribution is 2.23. The lowest BCUT2D eigenvalue weighted by atomic mass is 9.99. The van der Waals surface area contributed by atoms with Crippen molar-refractivity contribution in [3.05, 3.63) is 65.5 Å². The van der Waals surface area contributed by atoms with E-state index >= 15 is 0 Å². The molecular formula is C22H26F2N2O2. The van der Waals surface area contributed by atoms with Crippen LogP contribution in [0.25, 0.3) is 0 Å². The van der Waals surface area contributed by atoms with Crippen molar-refractivity contribution < 1.29 is 18.3 Å². The third-order valence-corrected chi connectivity index (χ3v) is 5.21. The predicted octanol–water partition coefficient (Wildman–Crippen LogP) is 3.45. The third kappa shape index (κ3) is 5.07. The van der Waals surface area contributed by atoms with Crippen molar-refractivity contribution in [1.82, 2.24) is 9.80 Å². The van der Waals surface area contributed by atoms with Crippen LogP contribution >= 0.6 is 0 Å². The van der Waals surface area contributed by atoms with Crippen LogP contribution in [0.3, 0.4) is 0 Å². The molecule has 0 saturated carbocycles. The second-order valence-corrected chi connectivity index (χ2v) is 7.31. The van der Waals surface area contributed by atoms with Gasteiger partial charge in [-0.2, -0.15) is 0 Å². The van der Waals surface area contributed by atoms with Crippen LogP contribution in [-0.2, 0) is 17.8 Å². The zero-order valence-corrected chi connectivity index (χ0v) is 16.3. The molecule has 2 aromatic rings. The monoisotopic (exact) mass is 388 g/mol. The van der Waals surface area contributed by atoms with Crippen LogP contribution in [0.15, 0.2) is 48.5 Å². The molecule has 0 aromatic heterocycles. The molecule has 28 heavy (non-hydrogen) atoms. The van der Waals surface area contributed by atoms with Crippen molar-refractivity contribution in [2.45, 2.75) is 31.6 Å². The summed E-state index contributed by atoms with van der Waals surface area (Å²) in [5, 5.41) is 0. The number of nitrogens with zero attached hydrogens (tertiary/aromatic N) is 2. The molecule has 0 unspecified atom stereocenters. The van der Waals surface area contributed by atoms with E-state index in [4.69, 9.17) is 4.74 Å². The van der Waals surface area contributed by atoms with Crippen LogP contribution in [0.2, 0.25) is 0 Å². The highest BCUT2D eigenvalue weighted by atomic mass is 19.1. The second kappa shape index (κ2) is 9.15. The molecule has 1 saturated heterocycles. The van der Waals surface area contributed by atoms with Crippen molar-refractivity contribution in [3.8, 4) is 5.75 Å². The molecule has 1 fully saturated rings. The minimum absolute atomic E-state index is 0.133. The quantitative estimate of drug-likeness (QED) is 0.760. The summed E-state index contributed by atoms with van der Waals surface area (Å²) in [4.78, 5) is 16.7. The summed E-state index contributed by atoms with van der Waals surface area (Å²) >= 11 is 0. The molecule has 6 heteroatoms. The van der Waals surface area contributed by atoms with Gasteiger partial charge in [-0.25, -0.2) is 8.78 Å². The van der Waals surface area contributed by atoms with E-state index in [1.54, 1.807) is 36.3 Å². The Morgan fingerprint density at radius 1 is 1.14 bits per heavy atom. The fourth-order valence-corrected chi connectivity index (χ4v) is 3.59. The van der Waals surface area contributed by atoms with Crippen LogP contribution in [0.4, 0.5) is 8.78 Å². The third-order valence-electron chi connectivity index (χ3n) is 5.21. The summed E-state index contributed by atoms with van der Waals surface area (Å²) in [6.07, 6.45) is -0.351. The van der Waals surface area contributed by atoms with E-state index in [0.29, 0.717) is 13.0 Å². The summed E-state index contributed by atoms with van der Waals surface area (Å²) in [5.41, 5.74) is 1.63. The predicted molar refractivity (Wildman–Crippen MR) is 104 cm³/mol. The van der Waals surface area contributed by atoms with Crippen molar-refractivity contribution in [2.24, 2.45) is 0 Å². The normalized spacial score (nSPS) is 20.0. The number of halogens is 2. The highest BCUT2D eigenvalue weighted by molar-refractivity contribution is 5.79. The maximum atomic E-state index is 14.8. The van der Waals surface area contributed by atoms with E-state index in [0.717, 1.165) is 23.4 Å². The van der Waals surface area contributed by atoms with Crippen LogP contribution in [-0.4, -0.2) is 55.2 Å². The van der Waals surface area contributed by atoms with Crippen LogP contribution < -0.4 is 4.74 Å². The summed E-state index contributed by atoms with van der Waals surface area (Å²) < 4.78 is 33.2. The molecule has 150 valence electrons. The molecule has 0 aliphatic carbocycles. The zero-order chi connectivity index (χ0) is 20.1. The number of hydrogen-bond donors (Lipinski definition) is 0. The highest BCUT2D eigenvalue weighted by Gasteiger charge is 2.34. The van der Waals surface area contributed by atoms with Crippen LogP contribution in [0.1, 0.15) is 17.5 Å². The minimum atomic E-state index is -1.11. The Morgan fingerprint density at radius 3 is 2.39 bits per heavy atom. The summed E-state index contributed by atoms with van der Waals surface area (Å²) in [6, 6.07) is 12.8. The number of rotatable bonds is 6. The standard InChI is InChI=1S/C22H26F2N2O2/c1-25-12-11-21(20(24)15-25)26(14-17-3-7-18(23)8-4-17)22(27)13-16-5-9-19(28-2)10-6-16/h3-10,20-21H,11-15H2,1-2H3/t20-,21+/m1/s1. The molecule has 0 radical (unpaired) electrons. The van der Waals surface area contributed by atoms with Gasteiger partial charge >= 0.3 is 0 Å². The van der Waals surface area contributed by atoms with Crippen molar-refractivity contribution in [1.29, 1.82) is 0 Å². The van der Waals surface area contributed by atoms with Gasteiger partial charge in [-0.1, -0.05) is 24.3 Å². The Labute approximate surface area is 164 Å². The molecule has 1 amide bonds. The minimum Gasteiger partial charge on any atom is -0.497 e. The van der Waals surface area contributed by atoms with Gasteiger partial charge < -0.3 is 14.5 Å². The van der Waals surface area contributed by atoms with Gasteiger partial charge in [0.15, 0.2) is 0 Å². The fourth-order valence-electron chi connectivity index (χ4n) is 3.59. The maximum Gasteiger partial charge on any atom is 0.227 e. The first-order valence-electron chi connectivity index (χ1n) is 9.45. The van der Waals surface area contributed by atoms with Gasteiger partial charge in [0.05, 0.1) is 19.6 Å². The van der Waals surface area contributed by atoms with Gasteiger partial charge in [0.2, 0.25) is 5.91 Å². The Kier molecular flexibility index (Phi) is 6.62. The molecule has 3 rings (SSSR count). The SMILES string of the molecule is COc1ccc(CC(=O)N(Cc2ccc(F)cc2)[C@H]2CCN(C)C[C@H]2F)cc1. The van der Waals surface area contributed by atoms with E-state index in [-0.39, 0.29) is 24.7 Å². The number of methoxy groups -OCH3 is 1. The van der Waals surface area contributed by atoms with Gasteiger partial charge in [0.1, 0.15) is 17.7 Å². The van der Waals surface area contributed by atoms with Crippen LogP contribution in [0, 0.1) is 5.82 Å². The number of piperidine rings is 1. The Hall–Kier alpha value is -2.47. The van der Waals surface area contributed by atoms with Crippen molar-refractivity contribution in [3.63, 3.8) is 0 Å². The molecule has 4 nitrogen and oxygen atoms in total. The molecule has 2 aromatic carbocycles. The van der Waals surface area contributed by atoms with E-state index in [2.05, 4.69) is 0 Å². The smallest absolute Gasteiger partial charge is 0.227 e. The molecule has 0 bridgehead atoms. The summed E-state index contributed by atoms with van der Waals surface area (Å²) in [5.74, 6) is 0.257. The lowest BCUT2D eigenvalue weighted by molar-refractivity contribution is -0.136. The van der Waals surface area contributed by atoms with Gasteiger partial charge in [0.25, 0.3) is 0 Å². The van der Waals surface area contributed by atoms with Gasteiger partial charge in [-0.3, -0.25) is 4.79 Å². The van der Waals surface area contributed by atoms with E-state index in [1.807, 2.05) is 24.1 Å². The van der Waals surface area contributed by atoms with Gasteiger partial charge in [-0.15, -0.1) is 0 Å². The molecule has 1 aliphatic rings. The van der Waals surface area contributed by atoms with Crippen molar-refractivity contribution in [2.75, 3.05) is 27.2 Å². The molecule has 0 N–H and O–H groups in total. The number of carbonyl (C=O) groups excluding carboxylic acids is 1. The number of alkyl halides is 1. The van der Waals surface area contributed by atoms with Gasteiger partial charge in [-0.05, 0) is 48.9 Å². The lowest BCUT2D eigenvalue weighted by Crippen LogP contribution is -2.53. The molecular weight excluding hydrogens is 362 g/mol. The molecule has 1 heterocycles. The summed E-state index contributed by atoms with van der Waals surface area (Å²) in [6.45, 7) is 1.31.